The van der Waals surface area contributed by atoms with Gasteiger partial charge in [-0.2, -0.15) is 0 Å². The molecule has 4 aliphatic rings. The van der Waals surface area contributed by atoms with E-state index in [2.05, 4.69) is 41.8 Å². The van der Waals surface area contributed by atoms with Gasteiger partial charge in [0.25, 0.3) is 0 Å². The third-order valence-electron chi connectivity index (χ3n) is 11.7. The van der Waals surface area contributed by atoms with Gasteiger partial charge in [-0.05, 0) is 73.1 Å². The van der Waals surface area contributed by atoms with Crippen molar-refractivity contribution in [3.05, 3.63) is 89.5 Å². The number of phenols is 1. The average Bonchev–Trinajstić information content (AvgIpc) is 3.70. The van der Waals surface area contributed by atoms with Crippen molar-refractivity contribution in [1.29, 1.82) is 0 Å². The minimum Gasteiger partial charge on any atom is -0.506 e. The van der Waals surface area contributed by atoms with Crippen molar-refractivity contribution in [3.8, 4) is 11.5 Å². The van der Waals surface area contributed by atoms with Crippen molar-refractivity contribution in [2.24, 2.45) is 11.8 Å². The summed E-state index contributed by atoms with van der Waals surface area (Å²) in [5.74, 6) is 1.69. The number of piperidine rings is 3. The van der Waals surface area contributed by atoms with Crippen LogP contribution in [0.4, 0.5) is 5.69 Å². The molecule has 1 amide bonds. The minimum atomic E-state index is -0.911. The van der Waals surface area contributed by atoms with Gasteiger partial charge >= 0.3 is 0 Å². The van der Waals surface area contributed by atoms with Gasteiger partial charge in [0.1, 0.15) is 29.7 Å². The van der Waals surface area contributed by atoms with Crippen molar-refractivity contribution in [1.82, 2.24) is 5.32 Å². The quantitative estimate of drug-likeness (QED) is 0.0505. The Hall–Kier alpha value is -3.47. The van der Waals surface area contributed by atoms with Crippen LogP contribution in [0.1, 0.15) is 74.7 Å². The van der Waals surface area contributed by atoms with E-state index >= 15 is 0 Å². The minimum absolute atomic E-state index is 0.0418. The first-order valence-corrected chi connectivity index (χ1v) is 18.7. The molecule has 5 N–H and O–H groups in total. The number of carbonyl (C=O) groups excluding carboxylic acids is 1. The topological polar surface area (TPSA) is 120 Å². The number of rotatable bonds is 18. The van der Waals surface area contributed by atoms with Crippen LogP contribution in [-0.4, -0.2) is 84.3 Å². The molecule has 4 atom stereocenters. The molecule has 50 heavy (non-hydrogen) atoms. The standard InChI is InChI=1S/C41H55N3O6/c1-30(42-26-39(47)33-14-17-38(46)37(25-33)43-29-45)24-31-12-15-36(16-13-31)49-23-7-20-44-21-18-32(19-22-44)40(27-44)50-28-41(48,35-10-5-6-11-35)34-8-3-2-4-9-34/h2-4,8-9,12-17,25,29-30,32,35,39-40,42,47-48H,5-7,10-11,18-24,26-28H2,1H3,(H-,43,45,46)/p+1/t30-,32?,39-,40-,41?,44?/m0/s1. The number of benzene rings is 3. The van der Waals surface area contributed by atoms with E-state index in [1.165, 1.54) is 50.4 Å². The first-order chi connectivity index (χ1) is 24.3. The fourth-order valence-corrected chi connectivity index (χ4v) is 8.63. The van der Waals surface area contributed by atoms with E-state index in [4.69, 9.17) is 9.47 Å². The summed E-state index contributed by atoms with van der Waals surface area (Å²) in [5, 5.41) is 38.3. The van der Waals surface area contributed by atoms with Crippen LogP contribution in [0.25, 0.3) is 0 Å². The number of ether oxygens (including phenoxy) is 2. The summed E-state index contributed by atoms with van der Waals surface area (Å²) in [6, 6.07) is 23.3. The van der Waals surface area contributed by atoms with E-state index in [-0.39, 0.29) is 29.5 Å². The summed E-state index contributed by atoms with van der Waals surface area (Å²) >= 11 is 0. The van der Waals surface area contributed by atoms with Gasteiger partial charge in [0.05, 0.1) is 44.6 Å². The molecule has 3 heterocycles. The first-order valence-electron chi connectivity index (χ1n) is 18.7. The molecule has 1 saturated carbocycles. The van der Waals surface area contributed by atoms with Crippen LogP contribution in [-0.2, 0) is 21.6 Å². The largest absolute Gasteiger partial charge is 0.506 e. The zero-order chi connectivity index (χ0) is 35.0. The van der Waals surface area contributed by atoms with Gasteiger partial charge in [0.15, 0.2) is 0 Å². The number of hydrogen-bond donors (Lipinski definition) is 5. The van der Waals surface area contributed by atoms with Crippen molar-refractivity contribution >= 4 is 12.1 Å². The number of nitrogens with one attached hydrogen (secondary N) is 2. The Morgan fingerprint density at radius 1 is 1.00 bits per heavy atom. The molecule has 2 bridgehead atoms. The van der Waals surface area contributed by atoms with Crippen LogP contribution in [0.3, 0.4) is 0 Å². The number of nitrogens with zero attached hydrogens (tertiary/aromatic N) is 1. The smallest absolute Gasteiger partial charge is 0.211 e. The van der Waals surface area contributed by atoms with Crippen LogP contribution in [0.15, 0.2) is 72.8 Å². The van der Waals surface area contributed by atoms with Crippen molar-refractivity contribution in [3.63, 3.8) is 0 Å². The fraction of sp³-hybridized carbons (Fsp3) is 0.537. The maximum atomic E-state index is 12.0. The second-order valence-corrected chi connectivity index (χ2v) is 15.1. The van der Waals surface area contributed by atoms with E-state index in [1.54, 1.807) is 12.1 Å². The predicted molar refractivity (Wildman–Crippen MR) is 195 cm³/mol. The normalized spacial score (nSPS) is 24.4. The molecule has 1 aliphatic carbocycles. The van der Waals surface area contributed by atoms with E-state index in [9.17, 15) is 20.1 Å². The predicted octanol–water partition coefficient (Wildman–Crippen LogP) is 5.69. The summed E-state index contributed by atoms with van der Waals surface area (Å²) in [5.41, 5.74) is 2.16. The van der Waals surface area contributed by atoms with Gasteiger partial charge in [0, 0.05) is 37.8 Å². The zero-order valence-corrected chi connectivity index (χ0v) is 29.5. The van der Waals surface area contributed by atoms with Crippen LogP contribution < -0.4 is 15.4 Å². The van der Waals surface area contributed by atoms with Crippen LogP contribution in [0.2, 0.25) is 0 Å². The monoisotopic (exact) mass is 686 g/mol. The summed E-state index contributed by atoms with van der Waals surface area (Å²) in [6.07, 6.45) is 8.63. The lowest BCUT2D eigenvalue weighted by Crippen LogP contribution is -2.65. The van der Waals surface area contributed by atoms with Crippen molar-refractivity contribution < 1.29 is 34.1 Å². The molecule has 3 aliphatic heterocycles. The Morgan fingerprint density at radius 2 is 1.74 bits per heavy atom. The number of quaternary nitrogens is 1. The number of fused-ring (bicyclic) bond motifs is 3. The Balaban J connectivity index is 0.927. The van der Waals surface area contributed by atoms with Gasteiger partial charge < -0.3 is 39.9 Å². The Bertz CT molecular complexity index is 1510. The van der Waals surface area contributed by atoms with Crippen LogP contribution in [0, 0.1) is 11.8 Å². The highest BCUT2D eigenvalue weighted by molar-refractivity contribution is 5.75. The van der Waals surface area contributed by atoms with Gasteiger partial charge in [-0.15, -0.1) is 0 Å². The van der Waals surface area contributed by atoms with Crippen molar-refractivity contribution in [2.45, 2.75) is 82.1 Å². The Kier molecular flexibility index (Phi) is 12.1. The lowest BCUT2D eigenvalue weighted by atomic mass is 9.80. The highest BCUT2D eigenvalue weighted by Crippen LogP contribution is 2.42. The highest BCUT2D eigenvalue weighted by Gasteiger charge is 2.48. The maximum absolute atomic E-state index is 12.0. The number of phenolic OH excluding ortho intramolecular Hbond substituents is 1. The molecule has 3 aromatic carbocycles. The third-order valence-corrected chi connectivity index (χ3v) is 11.7. The van der Waals surface area contributed by atoms with Gasteiger partial charge in [-0.1, -0.05) is 61.4 Å². The van der Waals surface area contributed by atoms with Gasteiger partial charge in [0.2, 0.25) is 6.41 Å². The van der Waals surface area contributed by atoms with Crippen LogP contribution in [0.5, 0.6) is 11.5 Å². The zero-order valence-electron chi connectivity index (χ0n) is 29.5. The Morgan fingerprint density at radius 3 is 2.46 bits per heavy atom. The molecule has 0 radical (unpaired) electrons. The number of hydrogen-bond acceptors (Lipinski definition) is 7. The van der Waals surface area contributed by atoms with E-state index < -0.39 is 11.7 Å². The molecule has 7 rings (SSSR count). The molecule has 3 aromatic rings. The third kappa shape index (κ3) is 8.87. The van der Waals surface area contributed by atoms with Crippen molar-refractivity contribution in [2.75, 3.05) is 51.3 Å². The second-order valence-electron chi connectivity index (χ2n) is 15.1. The van der Waals surface area contributed by atoms with E-state index in [1.807, 2.05) is 30.3 Å². The summed E-state index contributed by atoms with van der Waals surface area (Å²) < 4.78 is 14.0. The van der Waals surface area contributed by atoms with Crippen LogP contribution >= 0.6 is 0 Å². The molecule has 4 fully saturated rings. The maximum Gasteiger partial charge on any atom is 0.211 e. The number of aromatic hydroxyl groups is 1. The first kappa shape index (κ1) is 36.3. The number of amides is 1. The fourth-order valence-electron chi connectivity index (χ4n) is 8.63. The Labute approximate surface area is 297 Å². The molecule has 3 saturated heterocycles. The molecule has 0 aromatic heterocycles. The lowest BCUT2D eigenvalue weighted by molar-refractivity contribution is -0.946. The summed E-state index contributed by atoms with van der Waals surface area (Å²) in [7, 11) is 0. The lowest BCUT2D eigenvalue weighted by Gasteiger charge is -2.53. The number of aliphatic hydroxyl groups excluding tert-OH is 1. The molecule has 9 nitrogen and oxygen atoms in total. The molecular weight excluding hydrogens is 630 g/mol. The summed E-state index contributed by atoms with van der Waals surface area (Å²) in [4.78, 5) is 10.8. The summed E-state index contributed by atoms with van der Waals surface area (Å²) in [6.45, 7) is 8.04. The second kappa shape index (κ2) is 16.7. The van der Waals surface area contributed by atoms with E-state index in [0.717, 1.165) is 54.6 Å². The number of carbonyl (C=O) groups is 1. The molecule has 9 heteroatoms. The number of anilines is 1. The number of aliphatic hydroxyl groups is 2. The van der Waals surface area contributed by atoms with Gasteiger partial charge in [-0.25, -0.2) is 0 Å². The molecule has 1 unspecified atom stereocenters. The highest BCUT2D eigenvalue weighted by atomic mass is 16.5. The van der Waals surface area contributed by atoms with E-state index in [0.29, 0.717) is 37.6 Å². The average molecular weight is 687 g/mol. The molecular formula is C41H56N3O6+. The molecule has 270 valence electrons. The van der Waals surface area contributed by atoms with Gasteiger partial charge in [-0.3, -0.25) is 4.79 Å². The molecule has 0 spiro atoms. The SMILES string of the molecule is C[C@@H](Cc1ccc(OCCC[N+]23CCC(CC2)[C@@H](OCC(O)(c2ccccc2)C2CCCC2)C3)cc1)NC[C@H](O)c1ccc(O)c(NC=O)c1.